The van der Waals surface area contributed by atoms with Crippen molar-refractivity contribution in [2.75, 3.05) is 0 Å². The van der Waals surface area contributed by atoms with Crippen LogP contribution < -0.4 is 0 Å². The molecular weight excluding hydrogens is 512 g/mol. The molecule has 1 aromatic rings. The Kier molecular flexibility index (Phi) is 6.04. The van der Waals surface area contributed by atoms with Crippen molar-refractivity contribution in [3.63, 3.8) is 0 Å². The highest BCUT2D eigenvalue weighted by molar-refractivity contribution is 5.76. The number of rotatable bonds is 3. The fourth-order valence-corrected chi connectivity index (χ4v) is 8.24. The van der Waals surface area contributed by atoms with Gasteiger partial charge in [-0.1, -0.05) is 72.9 Å². The van der Waals surface area contributed by atoms with Gasteiger partial charge in [0.15, 0.2) is 0 Å². The average Bonchev–Trinajstić information content (AvgIpc) is 3.57. The van der Waals surface area contributed by atoms with Gasteiger partial charge in [0.25, 0.3) is 0 Å². The molecule has 7 aliphatic rings. The van der Waals surface area contributed by atoms with Crippen molar-refractivity contribution in [1.29, 1.82) is 10.5 Å². The van der Waals surface area contributed by atoms with E-state index < -0.39 is 0 Å². The van der Waals surface area contributed by atoms with Crippen LogP contribution in [0.15, 0.2) is 101 Å². The standard InChI is InChI=1S/C38H34N4/c39-23-25-16-21-36-33(22-25)31-11-4-6-14-35(31)42(36)37-15-7-12-32-30-10-3-5-13-34(30)41(38(32)37)28-19-17-26(18-20-28)29-9-2-1-8-27(29)24-40/h1-3,7,9-12,14,16-17,19,21-22,27,33,36-37H,4-6,8,13,15,18,20H2. The third-order valence-corrected chi connectivity index (χ3v) is 10.1. The Morgan fingerprint density at radius 1 is 0.810 bits per heavy atom. The Balaban J connectivity index is 1.26. The number of aromatic nitrogens is 1. The van der Waals surface area contributed by atoms with E-state index >= 15 is 0 Å². The summed E-state index contributed by atoms with van der Waals surface area (Å²) >= 11 is 0. The van der Waals surface area contributed by atoms with Crippen LogP contribution in [0.3, 0.4) is 0 Å². The lowest BCUT2D eigenvalue weighted by atomic mass is 9.83. The lowest BCUT2D eigenvalue weighted by Crippen LogP contribution is -2.36. The topological polar surface area (TPSA) is 55.8 Å². The lowest BCUT2D eigenvalue weighted by Gasteiger charge is -2.38. The number of hydrogen-bond acceptors (Lipinski definition) is 3. The molecule has 1 aromatic heterocycles. The van der Waals surface area contributed by atoms with E-state index in [2.05, 4.69) is 101 Å². The van der Waals surface area contributed by atoms with Gasteiger partial charge in [-0.15, -0.1) is 0 Å². The third kappa shape index (κ3) is 3.79. The predicted octanol–water partition coefficient (Wildman–Crippen LogP) is 8.42. The van der Waals surface area contributed by atoms with Crippen molar-refractivity contribution in [3.8, 4) is 12.1 Å². The Morgan fingerprint density at radius 2 is 1.71 bits per heavy atom. The van der Waals surface area contributed by atoms with Crippen molar-refractivity contribution in [2.24, 2.45) is 11.8 Å². The molecule has 0 bridgehead atoms. The number of nitriles is 2. The molecule has 0 aromatic carbocycles. The summed E-state index contributed by atoms with van der Waals surface area (Å²) in [5.41, 5.74) is 13.0. The quantitative estimate of drug-likeness (QED) is 0.382. The molecule has 0 amide bonds. The summed E-state index contributed by atoms with van der Waals surface area (Å²) < 4.78 is 2.63. The molecule has 1 fully saturated rings. The molecule has 42 heavy (non-hydrogen) atoms. The molecule has 206 valence electrons. The van der Waals surface area contributed by atoms with E-state index in [0.29, 0.717) is 0 Å². The van der Waals surface area contributed by atoms with Crippen molar-refractivity contribution in [3.05, 3.63) is 123 Å². The van der Waals surface area contributed by atoms with E-state index in [4.69, 9.17) is 0 Å². The van der Waals surface area contributed by atoms with E-state index in [1.165, 1.54) is 50.6 Å². The van der Waals surface area contributed by atoms with E-state index in [1.807, 2.05) is 6.08 Å². The molecule has 0 saturated carbocycles. The minimum Gasteiger partial charge on any atom is -0.355 e. The van der Waals surface area contributed by atoms with Crippen LogP contribution in [0.4, 0.5) is 0 Å². The first kappa shape index (κ1) is 25.2. The minimum atomic E-state index is -0.0452. The number of allylic oxidation sites excluding steroid dienone is 14. The molecule has 1 aliphatic heterocycles. The summed E-state index contributed by atoms with van der Waals surface area (Å²) in [5.74, 6) is 0.185. The highest BCUT2D eigenvalue weighted by Crippen LogP contribution is 2.52. The molecule has 6 aliphatic carbocycles. The molecule has 8 rings (SSSR count). The van der Waals surface area contributed by atoms with E-state index in [-0.39, 0.29) is 23.9 Å². The minimum absolute atomic E-state index is 0.0452. The average molecular weight is 547 g/mol. The van der Waals surface area contributed by atoms with Gasteiger partial charge < -0.3 is 9.47 Å². The van der Waals surface area contributed by atoms with Crippen LogP contribution in [0, 0.1) is 34.5 Å². The van der Waals surface area contributed by atoms with Crippen LogP contribution in [0.1, 0.15) is 73.5 Å². The largest absolute Gasteiger partial charge is 0.355 e. The van der Waals surface area contributed by atoms with Crippen LogP contribution >= 0.6 is 0 Å². The van der Waals surface area contributed by atoms with Crippen LogP contribution in [-0.2, 0) is 6.42 Å². The monoisotopic (exact) mass is 546 g/mol. The zero-order valence-corrected chi connectivity index (χ0v) is 23.8. The van der Waals surface area contributed by atoms with Gasteiger partial charge in [-0.05, 0) is 80.2 Å². The number of nitrogens with zero attached hydrogens (tertiary/aromatic N) is 4. The molecule has 0 radical (unpaired) electrons. The smallest absolute Gasteiger partial charge is 0.0988 e. The summed E-state index contributed by atoms with van der Waals surface area (Å²) in [5, 5.41) is 19.5. The molecule has 4 unspecified atom stereocenters. The summed E-state index contributed by atoms with van der Waals surface area (Å²) in [7, 11) is 0. The Labute approximate surface area is 248 Å². The van der Waals surface area contributed by atoms with Gasteiger partial charge in [0.1, 0.15) is 0 Å². The van der Waals surface area contributed by atoms with Gasteiger partial charge in [0.2, 0.25) is 0 Å². The fourth-order valence-electron chi connectivity index (χ4n) is 8.24. The first-order valence-corrected chi connectivity index (χ1v) is 15.5. The maximum atomic E-state index is 9.76. The predicted molar refractivity (Wildman–Crippen MR) is 168 cm³/mol. The Hall–Kier alpha value is -4.54. The second-order valence-electron chi connectivity index (χ2n) is 12.2. The molecule has 2 heterocycles. The van der Waals surface area contributed by atoms with Crippen molar-refractivity contribution in [1.82, 2.24) is 9.47 Å². The van der Waals surface area contributed by atoms with Gasteiger partial charge in [-0.25, -0.2) is 0 Å². The van der Waals surface area contributed by atoms with Gasteiger partial charge in [0, 0.05) is 39.7 Å². The molecular formula is C38H34N4. The Bertz CT molecular complexity index is 1770. The van der Waals surface area contributed by atoms with E-state index in [1.54, 1.807) is 0 Å². The van der Waals surface area contributed by atoms with Crippen molar-refractivity contribution < 1.29 is 0 Å². The molecule has 0 N–H and O–H groups in total. The summed E-state index contributed by atoms with van der Waals surface area (Å²) in [6.07, 6.45) is 39.7. The summed E-state index contributed by atoms with van der Waals surface area (Å²) in [6.45, 7) is 0. The van der Waals surface area contributed by atoms with E-state index in [0.717, 1.165) is 56.9 Å². The van der Waals surface area contributed by atoms with Crippen LogP contribution in [-0.4, -0.2) is 15.5 Å². The van der Waals surface area contributed by atoms with Gasteiger partial charge in [-0.2, -0.15) is 10.5 Å². The second kappa shape index (κ2) is 10.1. The first-order chi connectivity index (χ1) is 20.8. The van der Waals surface area contributed by atoms with Gasteiger partial charge in [-0.3, -0.25) is 0 Å². The molecule has 4 atom stereocenters. The zero-order valence-electron chi connectivity index (χ0n) is 23.8. The van der Waals surface area contributed by atoms with Gasteiger partial charge >= 0.3 is 0 Å². The maximum absolute atomic E-state index is 9.76. The molecule has 1 saturated heterocycles. The van der Waals surface area contributed by atoms with Crippen LogP contribution in [0.25, 0.3) is 17.8 Å². The number of fused-ring (bicyclic) bond motifs is 6. The molecule has 4 nitrogen and oxygen atoms in total. The van der Waals surface area contributed by atoms with Crippen LogP contribution in [0.2, 0.25) is 0 Å². The third-order valence-electron chi connectivity index (χ3n) is 10.1. The first-order valence-electron chi connectivity index (χ1n) is 15.5. The second-order valence-corrected chi connectivity index (χ2v) is 12.2. The lowest BCUT2D eigenvalue weighted by molar-refractivity contribution is 0.226. The van der Waals surface area contributed by atoms with Crippen molar-refractivity contribution in [2.45, 2.75) is 63.5 Å². The zero-order chi connectivity index (χ0) is 28.2. The highest BCUT2D eigenvalue weighted by Gasteiger charge is 2.46. The molecule has 0 spiro atoms. The van der Waals surface area contributed by atoms with Crippen molar-refractivity contribution >= 4 is 17.8 Å². The maximum Gasteiger partial charge on any atom is 0.0988 e. The normalized spacial score (nSPS) is 28.6. The SMILES string of the molecule is N#CC1=CC2C3=CCCC=C3N(C3CC=Cc4c5c(n(C6=CC=C(C7=CC=CCC7C#N)CC6)c43)CCC=C5)C2C=C1. The number of hydrogen-bond donors (Lipinski definition) is 0. The summed E-state index contributed by atoms with van der Waals surface area (Å²) in [4.78, 5) is 2.69. The number of likely N-dealkylation sites (tertiary alicyclic amines) is 1. The van der Waals surface area contributed by atoms with E-state index in [9.17, 15) is 10.5 Å². The van der Waals surface area contributed by atoms with Crippen LogP contribution in [0.5, 0.6) is 0 Å². The fraction of sp³-hybridized carbons (Fsp3) is 0.316. The van der Waals surface area contributed by atoms with Gasteiger partial charge in [0.05, 0.1) is 35.8 Å². The highest BCUT2D eigenvalue weighted by atomic mass is 15.3. The Morgan fingerprint density at radius 3 is 2.57 bits per heavy atom. The summed E-state index contributed by atoms with van der Waals surface area (Å²) in [6, 6.07) is 5.34. The molecule has 4 heteroatoms.